The summed E-state index contributed by atoms with van der Waals surface area (Å²) >= 11 is 0. The lowest BCUT2D eigenvalue weighted by Crippen LogP contribution is -1.85. The molecule has 0 aliphatic heterocycles. The number of aryl methyl sites for hydroxylation is 2. The van der Waals surface area contributed by atoms with Crippen LogP contribution < -0.4 is 0 Å². The van der Waals surface area contributed by atoms with Gasteiger partial charge in [0.15, 0.2) is 0 Å². The molecule has 0 saturated heterocycles. The zero-order valence-corrected chi connectivity index (χ0v) is 7.02. The lowest BCUT2D eigenvalue weighted by atomic mass is 10.3. The molecule has 1 aromatic rings. The molecule has 0 atom stereocenters. The number of rotatable bonds is 3. The third-order valence-corrected chi connectivity index (χ3v) is 1.65. The highest BCUT2D eigenvalue weighted by molar-refractivity contribution is 5.19. The van der Waals surface area contributed by atoms with E-state index in [4.69, 9.17) is 0 Å². The van der Waals surface area contributed by atoms with Crippen molar-refractivity contribution in [2.75, 3.05) is 0 Å². The van der Waals surface area contributed by atoms with Crippen LogP contribution in [0.15, 0.2) is 0 Å². The van der Waals surface area contributed by atoms with Gasteiger partial charge in [0.2, 0.25) is 5.88 Å². The summed E-state index contributed by atoms with van der Waals surface area (Å²) in [5.74, 6) is 1.05. The molecule has 1 heterocycles. The van der Waals surface area contributed by atoms with Crippen molar-refractivity contribution >= 4 is 0 Å². The van der Waals surface area contributed by atoms with Crippen LogP contribution in [0.2, 0.25) is 0 Å². The van der Waals surface area contributed by atoms with Crippen LogP contribution >= 0.6 is 0 Å². The molecule has 0 aromatic carbocycles. The van der Waals surface area contributed by atoms with Gasteiger partial charge in [-0.3, -0.25) is 0 Å². The van der Waals surface area contributed by atoms with Crippen molar-refractivity contribution in [3.8, 4) is 5.88 Å². The van der Waals surface area contributed by atoms with Gasteiger partial charge in [-0.05, 0) is 12.8 Å². The van der Waals surface area contributed by atoms with Crippen molar-refractivity contribution in [1.29, 1.82) is 0 Å². The molecule has 3 heteroatoms. The van der Waals surface area contributed by atoms with Crippen LogP contribution in [0.4, 0.5) is 0 Å². The fourth-order valence-corrected chi connectivity index (χ4v) is 1.06. The Hall–Kier alpha value is -0.990. The number of imidazole rings is 1. The molecule has 3 nitrogen and oxygen atoms in total. The van der Waals surface area contributed by atoms with Crippen molar-refractivity contribution < 1.29 is 5.11 Å². The predicted molar refractivity (Wildman–Crippen MR) is 43.6 cm³/mol. The summed E-state index contributed by atoms with van der Waals surface area (Å²) in [6.45, 7) is 4.08. The quantitative estimate of drug-likeness (QED) is 0.695. The molecule has 11 heavy (non-hydrogen) atoms. The van der Waals surface area contributed by atoms with E-state index in [1.807, 2.05) is 6.92 Å². The average Bonchev–Trinajstić information content (AvgIpc) is 2.32. The molecule has 0 amide bonds. The molecule has 0 fully saturated rings. The van der Waals surface area contributed by atoms with Gasteiger partial charge in [-0.2, -0.15) is 4.98 Å². The van der Waals surface area contributed by atoms with E-state index in [0.717, 1.165) is 30.8 Å². The first-order valence-electron chi connectivity index (χ1n) is 4.04. The van der Waals surface area contributed by atoms with Crippen LogP contribution in [-0.4, -0.2) is 15.1 Å². The zero-order valence-electron chi connectivity index (χ0n) is 7.02. The third kappa shape index (κ3) is 1.73. The van der Waals surface area contributed by atoms with Gasteiger partial charge in [0.1, 0.15) is 5.82 Å². The summed E-state index contributed by atoms with van der Waals surface area (Å²) in [6, 6.07) is 0. The van der Waals surface area contributed by atoms with Crippen LogP contribution in [0.1, 0.15) is 31.8 Å². The molecule has 1 rings (SSSR count). The fraction of sp³-hybridized carbons (Fsp3) is 0.625. The minimum atomic E-state index is 0.163. The monoisotopic (exact) mass is 154 g/mol. The second-order valence-corrected chi connectivity index (χ2v) is 2.59. The van der Waals surface area contributed by atoms with Crippen LogP contribution in [0.25, 0.3) is 0 Å². The van der Waals surface area contributed by atoms with E-state index < -0.39 is 0 Å². The van der Waals surface area contributed by atoms with E-state index in [1.165, 1.54) is 0 Å². The maximum atomic E-state index is 9.22. The van der Waals surface area contributed by atoms with Crippen LogP contribution in [-0.2, 0) is 12.8 Å². The van der Waals surface area contributed by atoms with Crippen LogP contribution in [0.3, 0.4) is 0 Å². The van der Waals surface area contributed by atoms with Gasteiger partial charge in [-0.1, -0.05) is 13.8 Å². The number of H-pyrrole nitrogens is 1. The van der Waals surface area contributed by atoms with E-state index in [2.05, 4.69) is 16.9 Å². The van der Waals surface area contributed by atoms with Crippen molar-refractivity contribution in [3.05, 3.63) is 11.5 Å². The summed E-state index contributed by atoms with van der Waals surface area (Å²) < 4.78 is 0. The van der Waals surface area contributed by atoms with Crippen molar-refractivity contribution in [3.63, 3.8) is 0 Å². The SMILES string of the molecule is CCCc1nc(O)c(CC)[nH]1. The molecule has 0 unspecified atom stereocenters. The number of nitrogens with one attached hydrogen (secondary N) is 1. The normalized spacial score (nSPS) is 10.4. The number of aromatic amines is 1. The Morgan fingerprint density at radius 3 is 2.64 bits per heavy atom. The van der Waals surface area contributed by atoms with Gasteiger partial charge in [0.05, 0.1) is 5.69 Å². The maximum absolute atomic E-state index is 9.22. The molecule has 1 aromatic heterocycles. The molecule has 2 N–H and O–H groups in total. The minimum absolute atomic E-state index is 0.163. The second kappa shape index (κ2) is 3.42. The van der Waals surface area contributed by atoms with E-state index in [9.17, 15) is 5.11 Å². The number of aromatic hydroxyl groups is 1. The fourth-order valence-electron chi connectivity index (χ4n) is 1.06. The van der Waals surface area contributed by atoms with E-state index in [-0.39, 0.29) is 5.88 Å². The Bertz CT molecular complexity index is 230. The number of hydrogen-bond donors (Lipinski definition) is 2. The predicted octanol–water partition coefficient (Wildman–Crippen LogP) is 1.63. The smallest absolute Gasteiger partial charge is 0.232 e. The standard InChI is InChI=1S/C8H14N2O/c1-3-5-7-9-6(4-2)8(11)10-7/h11H,3-5H2,1-2H3,(H,9,10). The van der Waals surface area contributed by atoms with Crippen molar-refractivity contribution in [1.82, 2.24) is 9.97 Å². The molecule has 0 radical (unpaired) electrons. The first-order valence-corrected chi connectivity index (χ1v) is 4.04. The van der Waals surface area contributed by atoms with Gasteiger partial charge in [0.25, 0.3) is 0 Å². The Morgan fingerprint density at radius 2 is 2.18 bits per heavy atom. The van der Waals surface area contributed by atoms with Gasteiger partial charge in [-0.15, -0.1) is 0 Å². The average molecular weight is 154 g/mol. The number of aromatic nitrogens is 2. The molecule has 62 valence electrons. The van der Waals surface area contributed by atoms with E-state index >= 15 is 0 Å². The third-order valence-electron chi connectivity index (χ3n) is 1.65. The molecular formula is C8H14N2O. The highest BCUT2D eigenvalue weighted by Gasteiger charge is 2.04. The molecule has 0 spiro atoms. The summed E-state index contributed by atoms with van der Waals surface area (Å²) in [5.41, 5.74) is 0.841. The summed E-state index contributed by atoms with van der Waals surface area (Å²) in [4.78, 5) is 7.04. The van der Waals surface area contributed by atoms with Crippen molar-refractivity contribution in [2.24, 2.45) is 0 Å². The van der Waals surface area contributed by atoms with Gasteiger partial charge in [-0.25, -0.2) is 0 Å². The first-order chi connectivity index (χ1) is 5.27. The van der Waals surface area contributed by atoms with Gasteiger partial charge < -0.3 is 10.1 Å². The van der Waals surface area contributed by atoms with Crippen LogP contribution in [0, 0.1) is 0 Å². The Morgan fingerprint density at radius 1 is 1.45 bits per heavy atom. The Labute approximate surface area is 66.5 Å². The Balaban J connectivity index is 2.77. The molecule has 0 bridgehead atoms. The summed E-state index contributed by atoms with van der Waals surface area (Å²) in [6.07, 6.45) is 2.77. The van der Waals surface area contributed by atoms with Gasteiger partial charge >= 0.3 is 0 Å². The lowest BCUT2D eigenvalue weighted by Gasteiger charge is -1.88. The Kier molecular flexibility index (Phi) is 2.52. The minimum Gasteiger partial charge on any atom is -0.492 e. The maximum Gasteiger partial charge on any atom is 0.232 e. The topological polar surface area (TPSA) is 48.9 Å². The van der Waals surface area contributed by atoms with Crippen LogP contribution in [0.5, 0.6) is 5.88 Å². The highest BCUT2D eigenvalue weighted by Crippen LogP contribution is 2.13. The first kappa shape index (κ1) is 8.11. The lowest BCUT2D eigenvalue weighted by molar-refractivity contribution is 0.449. The van der Waals surface area contributed by atoms with Crippen molar-refractivity contribution in [2.45, 2.75) is 33.1 Å². The molecule has 0 saturated carbocycles. The molecule has 0 aliphatic carbocycles. The summed E-state index contributed by atoms with van der Waals surface area (Å²) in [7, 11) is 0. The van der Waals surface area contributed by atoms with E-state index in [1.54, 1.807) is 0 Å². The highest BCUT2D eigenvalue weighted by atomic mass is 16.3. The van der Waals surface area contributed by atoms with E-state index in [0.29, 0.717) is 0 Å². The number of hydrogen-bond acceptors (Lipinski definition) is 2. The second-order valence-electron chi connectivity index (χ2n) is 2.59. The zero-order chi connectivity index (χ0) is 8.27. The largest absolute Gasteiger partial charge is 0.492 e. The summed E-state index contributed by atoms with van der Waals surface area (Å²) in [5, 5.41) is 9.22. The molecule has 0 aliphatic rings. The number of nitrogens with zero attached hydrogens (tertiary/aromatic N) is 1. The molecular weight excluding hydrogens is 140 g/mol. The van der Waals surface area contributed by atoms with Gasteiger partial charge in [0, 0.05) is 6.42 Å².